The van der Waals surface area contributed by atoms with E-state index in [0.29, 0.717) is 0 Å². The average Bonchev–Trinajstić information content (AvgIpc) is 2.44. The standard InChI is InChI=1S/C7H9FO2/c8-7(5(9)10)3-6(4-7)1-2-6/h1-4H2,(H,9,10). The second-order valence-electron chi connectivity index (χ2n) is 3.62. The summed E-state index contributed by atoms with van der Waals surface area (Å²) in [5.41, 5.74) is -1.73. The van der Waals surface area contributed by atoms with Crippen molar-refractivity contribution in [2.45, 2.75) is 31.4 Å². The van der Waals surface area contributed by atoms with Gasteiger partial charge in [-0.25, -0.2) is 9.18 Å². The Bertz CT molecular complexity index is 188. The van der Waals surface area contributed by atoms with E-state index in [-0.39, 0.29) is 18.3 Å². The first-order valence-electron chi connectivity index (χ1n) is 3.49. The third kappa shape index (κ3) is 0.604. The molecule has 2 fully saturated rings. The third-order valence-electron chi connectivity index (χ3n) is 2.65. The van der Waals surface area contributed by atoms with Crippen LogP contribution in [0.3, 0.4) is 0 Å². The summed E-state index contributed by atoms with van der Waals surface area (Å²) in [6.45, 7) is 0. The van der Waals surface area contributed by atoms with Gasteiger partial charge in [-0.05, 0) is 31.1 Å². The molecule has 2 nitrogen and oxygen atoms in total. The van der Waals surface area contributed by atoms with Crippen LogP contribution in [0.1, 0.15) is 25.7 Å². The fourth-order valence-electron chi connectivity index (χ4n) is 1.82. The Morgan fingerprint density at radius 3 is 2.20 bits per heavy atom. The molecule has 2 aliphatic carbocycles. The minimum atomic E-state index is -1.86. The molecule has 0 saturated heterocycles. The normalized spacial score (nSPS) is 31.3. The van der Waals surface area contributed by atoms with Crippen molar-refractivity contribution in [3.05, 3.63) is 0 Å². The minimum absolute atomic E-state index is 0.132. The van der Waals surface area contributed by atoms with Gasteiger partial charge in [-0.1, -0.05) is 0 Å². The van der Waals surface area contributed by atoms with Gasteiger partial charge in [0, 0.05) is 0 Å². The first kappa shape index (κ1) is 6.13. The van der Waals surface area contributed by atoms with Crippen LogP contribution in [-0.2, 0) is 4.79 Å². The topological polar surface area (TPSA) is 37.3 Å². The van der Waals surface area contributed by atoms with Crippen LogP contribution in [0, 0.1) is 5.41 Å². The summed E-state index contributed by atoms with van der Waals surface area (Å²) in [7, 11) is 0. The van der Waals surface area contributed by atoms with Crippen molar-refractivity contribution in [2.75, 3.05) is 0 Å². The van der Waals surface area contributed by atoms with Crippen molar-refractivity contribution in [3.8, 4) is 0 Å². The molecule has 2 aliphatic rings. The number of hydrogen-bond acceptors (Lipinski definition) is 1. The molecule has 1 spiro atoms. The first-order chi connectivity index (χ1) is 4.56. The van der Waals surface area contributed by atoms with Crippen molar-refractivity contribution in [1.29, 1.82) is 0 Å². The number of hydrogen-bond donors (Lipinski definition) is 1. The largest absolute Gasteiger partial charge is 0.479 e. The summed E-state index contributed by atoms with van der Waals surface area (Å²) in [6.07, 6.45) is 2.59. The van der Waals surface area contributed by atoms with Crippen LogP contribution in [-0.4, -0.2) is 16.7 Å². The maximum absolute atomic E-state index is 13.0. The van der Waals surface area contributed by atoms with Crippen molar-refractivity contribution in [1.82, 2.24) is 0 Å². The lowest BCUT2D eigenvalue weighted by Gasteiger charge is -2.38. The Kier molecular flexibility index (Phi) is 0.833. The molecule has 3 heteroatoms. The quantitative estimate of drug-likeness (QED) is 0.603. The van der Waals surface area contributed by atoms with Crippen LogP contribution >= 0.6 is 0 Å². The molecule has 10 heavy (non-hydrogen) atoms. The summed E-state index contributed by atoms with van der Waals surface area (Å²) in [5.74, 6) is -1.27. The summed E-state index contributed by atoms with van der Waals surface area (Å²) in [5, 5.41) is 8.38. The van der Waals surface area contributed by atoms with Gasteiger partial charge in [0.05, 0.1) is 0 Å². The average molecular weight is 144 g/mol. The second-order valence-corrected chi connectivity index (χ2v) is 3.62. The van der Waals surface area contributed by atoms with Gasteiger partial charge in [0.25, 0.3) is 0 Å². The molecular formula is C7H9FO2. The zero-order chi connectivity index (χ0) is 7.41. The minimum Gasteiger partial charge on any atom is -0.479 e. The molecular weight excluding hydrogens is 135 g/mol. The van der Waals surface area contributed by atoms with Gasteiger partial charge in [0.2, 0.25) is 5.67 Å². The highest BCUT2D eigenvalue weighted by Gasteiger charge is 2.65. The molecule has 2 saturated carbocycles. The molecule has 0 aromatic carbocycles. The SMILES string of the molecule is O=C(O)C1(F)CC2(CC2)C1. The Balaban J connectivity index is 2.04. The highest BCUT2D eigenvalue weighted by molar-refractivity contribution is 5.79. The molecule has 0 atom stereocenters. The van der Waals surface area contributed by atoms with E-state index < -0.39 is 11.6 Å². The molecule has 2 rings (SSSR count). The van der Waals surface area contributed by atoms with E-state index in [0.717, 1.165) is 12.8 Å². The summed E-state index contributed by atoms with van der Waals surface area (Å²) in [4.78, 5) is 10.2. The zero-order valence-corrected chi connectivity index (χ0v) is 5.56. The molecule has 1 N–H and O–H groups in total. The van der Waals surface area contributed by atoms with E-state index >= 15 is 0 Å². The van der Waals surface area contributed by atoms with Crippen LogP contribution < -0.4 is 0 Å². The summed E-state index contributed by atoms with van der Waals surface area (Å²) >= 11 is 0. The van der Waals surface area contributed by atoms with Gasteiger partial charge in [0.15, 0.2) is 0 Å². The lowest BCUT2D eigenvalue weighted by atomic mass is 9.69. The van der Waals surface area contributed by atoms with Gasteiger partial charge in [0.1, 0.15) is 0 Å². The maximum atomic E-state index is 13.0. The number of carboxylic acids is 1. The smallest absolute Gasteiger partial charge is 0.341 e. The van der Waals surface area contributed by atoms with Crippen molar-refractivity contribution in [2.24, 2.45) is 5.41 Å². The van der Waals surface area contributed by atoms with Crippen LogP contribution in [0.15, 0.2) is 0 Å². The number of rotatable bonds is 1. The molecule has 0 bridgehead atoms. The van der Waals surface area contributed by atoms with E-state index in [2.05, 4.69) is 0 Å². The van der Waals surface area contributed by atoms with Crippen LogP contribution in [0.25, 0.3) is 0 Å². The number of alkyl halides is 1. The third-order valence-corrected chi connectivity index (χ3v) is 2.65. The van der Waals surface area contributed by atoms with Gasteiger partial charge in [-0.15, -0.1) is 0 Å². The number of carboxylic acid groups (broad SMARTS) is 1. The molecule has 0 unspecified atom stereocenters. The Hall–Kier alpha value is -0.600. The predicted molar refractivity (Wildman–Crippen MR) is 32.4 cm³/mol. The molecule has 0 aromatic rings. The fraction of sp³-hybridized carbons (Fsp3) is 0.857. The van der Waals surface area contributed by atoms with E-state index in [1.165, 1.54) is 0 Å². The van der Waals surface area contributed by atoms with Crippen LogP contribution in [0.2, 0.25) is 0 Å². The molecule has 0 aromatic heterocycles. The monoisotopic (exact) mass is 144 g/mol. The molecule has 0 aliphatic heterocycles. The Morgan fingerprint density at radius 2 is 1.90 bits per heavy atom. The molecule has 0 heterocycles. The van der Waals surface area contributed by atoms with Crippen molar-refractivity contribution >= 4 is 5.97 Å². The summed E-state index contributed by atoms with van der Waals surface area (Å²) in [6, 6.07) is 0. The van der Waals surface area contributed by atoms with E-state index in [1.54, 1.807) is 0 Å². The Labute approximate surface area is 58.0 Å². The highest BCUT2D eigenvalue weighted by Crippen LogP contribution is 2.66. The summed E-state index contributed by atoms with van der Waals surface area (Å²) < 4.78 is 13.0. The molecule has 56 valence electrons. The lowest BCUT2D eigenvalue weighted by Crippen LogP contribution is -2.47. The second kappa shape index (κ2) is 1.36. The van der Waals surface area contributed by atoms with Gasteiger partial charge >= 0.3 is 5.97 Å². The zero-order valence-electron chi connectivity index (χ0n) is 5.56. The van der Waals surface area contributed by atoms with Crippen molar-refractivity contribution < 1.29 is 14.3 Å². The fourth-order valence-corrected chi connectivity index (χ4v) is 1.82. The van der Waals surface area contributed by atoms with Crippen molar-refractivity contribution in [3.63, 3.8) is 0 Å². The van der Waals surface area contributed by atoms with E-state index in [1.807, 2.05) is 0 Å². The van der Waals surface area contributed by atoms with Crippen LogP contribution in [0.5, 0.6) is 0 Å². The van der Waals surface area contributed by atoms with Gasteiger partial charge in [-0.3, -0.25) is 0 Å². The maximum Gasteiger partial charge on any atom is 0.341 e. The number of aliphatic carboxylic acids is 1. The molecule has 0 amide bonds. The predicted octanol–water partition coefficient (Wildman–Crippen LogP) is 1.35. The van der Waals surface area contributed by atoms with Crippen LogP contribution in [0.4, 0.5) is 4.39 Å². The Morgan fingerprint density at radius 1 is 1.40 bits per heavy atom. The van der Waals surface area contributed by atoms with Gasteiger partial charge < -0.3 is 5.11 Å². The highest BCUT2D eigenvalue weighted by atomic mass is 19.1. The van der Waals surface area contributed by atoms with E-state index in [4.69, 9.17) is 5.11 Å². The van der Waals surface area contributed by atoms with Gasteiger partial charge in [-0.2, -0.15) is 0 Å². The molecule has 0 radical (unpaired) electrons. The lowest BCUT2D eigenvalue weighted by molar-refractivity contribution is -0.162. The van der Waals surface area contributed by atoms with E-state index in [9.17, 15) is 9.18 Å². The first-order valence-corrected chi connectivity index (χ1v) is 3.49. The number of halogens is 1. The number of carbonyl (C=O) groups is 1.